The van der Waals surface area contributed by atoms with Crippen molar-refractivity contribution >= 4 is 29.3 Å². The Kier molecular flexibility index (Phi) is 6.91. The zero-order valence-corrected chi connectivity index (χ0v) is 15.1. The molecule has 7 heteroatoms. The molecule has 0 bridgehead atoms. The molecule has 0 aliphatic heterocycles. The van der Waals surface area contributed by atoms with Crippen molar-refractivity contribution in [2.75, 3.05) is 10.6 Å². The van der Waals surface area contributed by atoms with Gasteiger partial charge in [-0.1, -0.05) is 30.3 Å². The van der Waals surface area contributed by atoms with Crippen LogP contribution in [0.4, 0.5) is 17.1 Å². The van der Waals surface area contributed by atoms with Crippen LogP contribution < -0.4 is 33.3 Å². The van der Waals surface area contributed by atoms with E-state index in [1.165, 1.54) is 0 Å². The van der Waals surface area contributed by atoms with Crippen molar-refractivity contribution < 1.29 is 26.6 Å². The number of rotatable bonds is 7. The Bertz CT molecular complexity index is 919. The van der Waals surface area contributed by atoms with E-state index in [1.807, 2.05) is 54.6 Å². The molecule has 1 amide bonds. The molecule has 6 nitrogen and oxygen atoms in total. The Hall–Kier alpha value is -3.38. The van der Waals surface area contributed by atoms with Gasteiger partial charge in [-0.3, -0.25) is 9.59 Å². The summed E-state index contributed by atoms with van der Waals surface area (Å²) in [5, 5.41) is 6.50. The van der Waals surface area contributed by atoms with Crippen LogP contribution in [0.1, 0.15) is 16.5 Å². The van der Waals surface area contributed by atoms with Crippen LogP contribution in [0.3, 0.4) is 0 Å². The van der Waals surface area contributed by atoms with E-state index in [-0.39, 0.29) is 12.4 Å². The molecule has 0 fully saturated rings. The van der Waals surface area contributed by atoms with Gasteiger partial charge in [-0.25, -0.2) is 0 Å². The van der Waals surface area contributed by atoms with Crippen LogP contribution in [-0.4, -0.2) is 12.2 Å². The second-order valence-corrected chi connectivity index (χ2v) is 5.67. The SMILES string of the molecule is NC(=O)c1ccc[n+](C(C=O)Nc2ccccc2Nc2ccccc2)c1.[Cl-]. The number of anilines is 3. The first kappa shape index (κ1) is 19.9. The average Bonchev–Trinajstić information content (AvgIpc) is 2.68. The number of aldehydes is 1. The van der Waals surface area contributed by atoms with Crippen molar-refractivity contribution in [3.63, 3.8) is 0 Å². The number of carbonyl (C=O) groups is 2. The number of benzene rings is 2. The molecular formula is C20H19ClN4O2. The van der Waals surface area contributed by atoms with Gasteiger partial charge in [0.25, 0.3) is 12.1 Å². The topological polar surface area (TPSA) is 88.1 Å². The van der Waals surface area contributed by atoms with Gasteiger partial charge in [-0.2, -0.15) is 4.57 Å². The summed E-state index contributed by atoms with van der Waals surface area (Å²) in [5.74, 6) is -0.546. The molecule has 0 radical (unpaired) electrons. The Morgan fingerprint density at radius 3 is 2.30 bits per heavy atom. The number of nitrogens with two attached hydrogens (primary N) is 1. The van der Waals surface area contributed by atoms with Crippen LogP contribution >= 0.6 is 0 Å². The first-order chi connectivity index (χ1) is 12.7. The molecule has 0 aliphatic rings. The summed E-state index contributed by atoms with van der Waals surface area (Å²) in [6, 6.07) is 20.6. The van der Waals surface area contributed by atoms with Crippen molar-refractivity contribution in [2.45, 2.75) is 6.17 Å². The highest BCUT2D eigenvalue weighted by Gasteiger charge is 2.20. The number of nitrogens with one attached hydrogen (secondary N) is 2. The minimum absolute atomic E-state index is 0. The molecule has 0 aliphatic carbocycles. The lowest BCUT2D eigenvalue weighted by Gasteiger charge is -2.15. The predicted octanol–water partition coefficient (Wildman–Crippen LogP) is -0.370. The number of hydrogen-bond donors (Lipinski definition) is 3. The monoisotopic (exact) mass is 382 g/mol. The van der Waals surface area contributed by atoms with Gasteiger partial charge in [-0.15, -0.1) is 0 Å². The first-order valence-electron chi connectivity index (χ1n) is 8.11. The van der Waals surface area contributed by atoms with E-state index in [2.05, 4.69) is 10.6 Å². The van der Waals surface area contributed by atoms with Gasteiger partial charge < -0.3 is 28.8 Å². The fourth-order valence-corrected chi connectivity index (χ4v) is 2.54. The highest BCUT2D eigenvalue weighted by Crippen LogP contribution is 2.26. The smallest absolute Gasteiger partial charge is 0.288 e. The summed E-state index contributed by atoms with van der Waals surface area (Å²) in [6.45, 7) is 0. The van der Waals surface area contributed by atoms with E-state index in [9.17, 15) is 9.59 Å². The summed E-state index contributed by atoms with van der Waals surface area (Å²) in [6.07, 6.45) is 3.32. The Morgan fingerprint density at radius 1 is 0.963 bits per heavy atom. The predicted molar refractivity (Wildman–Crippen MR) is 100 cm³/mol. The summed E-state index contributed by atoms with van der Waals surface area (Å²) in [5.41, 5.74) is 8.17. The van der Waals surface area contributed by atoms with Gasteiger partial charge in [0, 0.05) is 11.8 Å². The number of carbonyl (C=O) groups excluding carboxylic acids is 2. The highest BCUT2D eigenvalue weighted by molar-refractivity contribution is 5.92. The molecular weight excluding hydrogens is 364 g/mol. The summed E-state index contributed by atoms with van der Waals surface area (Å²) < 4.78 is 1.60. The van der Waals surface area contributed by atoms with Crippen LogP contribution in [-0.2, 0) is 4.79 Å². The van der Waals surface area contributed by atoms with Gasteiger partial charge in [0.1, 0.15) is 5.56 Å². The summed E-state index contributed by atoms with van der Waals surface area (Å²) in [7, 11) is 0. The molecule has 1 unspecified atom stereocenters. The number of aromatic nitrogens is 1. The van der Waals surface area contributed by atoms with E-state index in [0.29, 0.717) is 5.56 Å². The van der Waals surface area contributed by atoms with Crippen molar-refractivity contribution in [1.82, 2.24) is 0 Å². The fraction of sp³-hybridized carbons (Fsp3) is 0.0500. The normalized spacial score (nSPS) is 11.0. The lowest BCUT2D eigenvalue weighted by Crippen LogP contribution is -3.00. The maximum Gasteiger partial charge on any atom is 0.288 e. The standard InChI is InChI=1S/C20H18N4O2.ClH/c21-20(26)15-7-6-12-24(13-15)19(14-25)23-18-11-5-4-10-17(18)22-16-8-2-1-3-9-16;/h1-14,19,22-23H,(H-,21,26);1H. The number of primary amides is 1. The van der Waals surface area contributed by atoms with Gasteiger partial charge in [0.2, 0.25) is 6.29 Å². The first-order valence-corrected chi connectivity index (χ1v) is 8.11. The number of halogens is 1. The van der Waals surface area contributed by atoms with Crippen molar-refractivity contribution in [3.05, 3.63) is 84.7 Å². The molecule has 1 heterocycles. The maximum atomic E-state index is 11.6. The number of para-hydroxylation sites is 3. The summed E-state index contributed by atoms with van der Waals surface area (Å²) in [4.78, 5) is 23.0. The minimum atomic E-state index is -0.687. The third-order valence-electron chi connectivity index (χ3n) is 3.84. The van der Waals surface area contributed by atoms with E-state index in [4.69, 9.17) is 5.73 Å². The molecule has 1 aromatic heterocycles. The van der Waals surface area contributed by atoms with Crippen LogP contribution in [0.5, 0.6) is 0 Å². The molecule has 2 aromatic carbocycles. The number of hydrogen-bond acceptors (Lipinski definition) is 4. The Balaban J connectivity index is 0.00000261. The van der Waals surface area contributed by atoms with Crippen molar-refractivity contribution in [2.24, 2.45) is 5.73 Å². The van der Waals surface area contributed by atoms with Gasteiger partial charge in [0.05, 0.1) is 11.4 Å². The zero-order chi connectivity index (χ0) is 18.4. The molecule has 3 aromatic rings. The zero-order valence-electron chi connectivity index (χ0n) is 14.4. The van der Waals surface area contributed by atoms with Gasteiger partial charge in [-0.05, 0) is 30.3 Å². The number of nitrogens with zero attached hydrogens (tertiary/aromatic N) is 1. The van der Waals surface area contributed by atoms with E-state index >= 15 is 0 Å². The number of amides is 1. The van der Waals surface area contributed by atoms with E-state index in [1.54, 1.807) is 29.1 Å². The molecule has 1 atom stereocenters. The lowest BCUT2D eigenvalue weighted by atomic mass is 10.2. The van der Waals surface area contributed by atoms with Crippen LogP contribution in [0.2, 0.25) is 0 Å². The quantitative estimate of drug-likeness (QED) is 0.384. The molecule has 0 saturated heterocycles. The number of pyridine rings is 1. The fourth-order valence-electron chi connectivity index (χ4n) is 2.54. The largest absolute Gasteiger partial charge is 1.00 e. The summed E-state index contributed by atoms with van der Waals surface area (Å²) >= 11 is 0. The van der Waals surface area contributed by atoms with E-state index < -0.39 is 12.1 Å². The molecule has 0 spiro atoms. The van der Waals surface area contributed by atoms with Crippen molar-refractivity contribution in [3.8, 4) is 0 Å². The third-order valence-corrected chi connectivity index (χ3v) is 3.84. The molecule has 3 rings (SSSR count). The van der Waals surface area contributed by atoms with Crippen LogP contribution in [0.15, 0.2) is 79.1 Å². The second kappa shape index (κ2) is 9.35. The van der Waals surface area contributed by atoms with Crippen LogP contribution in [0.25, 0.3) is 0 Å². The molecule has 0 saturated carbocycles. The van der Waals surface area contributed by atoms with Gasteiger partial charge >= 0.3 is 0 Å². The average molecular weight is 383 g/mol. The molecule has 138 valence electrons. The van der Waals surface area contributed by atoms with E-state index in [0.717, 1.165) is 23.3 Å². The Labute approximate surface area is 163 Å². The molecule has 27 heavy (non-hydrogen) atoms. The van der Waals surface area contributed by atoms with Gasteiger partial charge in [0.15, 0.2) is 12.4 Å². The second-order valence-electron chi connectivity index (χ2n) is 5.67. The van der Waals surface area contributed by atoms with Crippen LogP contribution in [0, 0.1) is 0 Å². The Morgan fingerprint density at radius 2 is 1.63 bits per heavy atom. The third kappa shape index (κ3) is 5.05. The minimum Gasteiger partial charge on any atom is -1.00 e. The molecule has 4 N–H and O–H groups in total. The maximum absolute atomic E-state index is 11.6. The highest BCUT2D eigenvalue weighted by atomic mass is 35.5. The lowest BCUT2D eigenvalue weighted by molar-refractivity contribution is -0.701. The van der Waals surface area contributed by atoms with Crippen molar-refractivity contribution in [1.29, 1.82) is 0 Å².